The van der Waals surface area contributed by atoms with Crippen LogP contribution in [0.1, 0.15) is 50.7 Å². The number of hydrogen-bond donors (Lipinski definition) is 2. The van der Waals surface area contributed by atoms with Crippen LogP contribution in [0.15, 0.2) is 42.6 Å². The topological polar surface area (TPSA) is 54.0 Å². The molecule has 0 bridgehead atoms. The molecule has 0 spiro atoms. The zero-order valence-corrected chi connectivity index (χ0v) is 14.5. The molecule has 4 heteroatoms. The van der Waals surface area contributed by atoms with Crippen molar-refractivity contribution in [2.75, 3.05) is 10.6 Å². The van der Waals surface area contributed by atoms with Crippen LogP contribution >= 0.6 is 0 Å². The van der Waals surface area contributed by atoms with Crippen LogP contribution in [-0.4, -0.2) is 16.9 Å². The maximum Gasteiger partial charge on any atom is 0.274 e. The number of carbonyl (C=O) groups excluding carboxylic acids is 1. The van der Waals surface area contributed by atoms with E-state index in [0.29, 0.717) is 11.7 Å². The number of nitrogens with zero attached hydrogens (tertiary/aromatic N) is 1. The molecule has 0 saturated carbocycles. The quantitative estimate of drug-likeness (QED) is 0.877. The van der Waals surface area contributed by atoms with Gasteiger partial charge < -0.3 is 10.6 Å². The van der Waals surface area contributed by atoms with Gasteiger partial charge in [-0.15, -0.1) is 0 Å². The van der Waals surface area contributed by atoms with Crippen molar-refractivity contribution in [2.45, 2.75) is 46.1 Å². The Morgan fingerprint density at radius 1 is 1.13 bits per heavy atom. The van der Waals surface area contributed by atoms with E-state index in [1.165, 1.54) is 0 Å². The first-order chi connectivity index (χ1) is 10.8. The van der Waals surface area contributed by atoms with Gasteiger partial charge in [0.2, 0.25) is 0 Å². The normalized spacial score (nSPS) is 11.4. The minimum Gasteiger partial charge on any atom is -0.383 e. The second-order valence-corrected chi connectivity index (χ2v) is 6.98. The first kappa shape index (κ1) is 17.0. The van der Waals surface area contributed by atoms with E-state index < -0.39 is 0 Å². The van der Waals surface area contributed by atoms with E-state index in [9.17, 15) is 4.79 Å². The summed E-state index contributed by atoms with van der Waals surface area (Å²) < 4.78 is 0. The number of aromatic nitrogens is 1. The number of hydrogen-bond acceptors (Lipinski definition) is 3. The first-order valence-electron chi connectivity index (χ1n) is 7.91. The SMILES string of the molecule is CC(C)Nc1ccnc(C(=O)Nc2ccccc2C(C)(C)C)c1. The van der Waals surface area contributed by atoms with E-state index in [1.807, 2.05) is 30.3 Å². The molecular weight excluding hydrogens is 286 g/mol. The predicted molar refractivity (Wildman–Crippen MR) is 96.1 cm³/mol. The molecule has 0 fully saturated rings. The van der Waals surface area contributed by atoms with Crippen molar-refractivity contribution >= 4 is 17.3 Å². The van der Waals surface area contributed by atoms with Gasteiger partial charge in [0.1, 0.15) is 5.69 Å². The van der Waals surface area contributed by atoms with Gasteiger partial charge in [-0.05, 0) is 43.0 Å². The average molecular weight is 311 g/mol. The molecule has 0 atom stereocenters. The Morgan fingerprint density at radius 3 is 2.48 bits per heavy atom. The second-order valence-electron chi connectivity index (χ2n) is 6.98. The predicted octanol–water partition coefficient (Wildman–Crippen LogP) is 4.45. The van der Waals surface area contributed by atoms with E-state index >= 15 is 0 Å². The molecular formula is C19H25N3O. The monoisotopic (exact) mass is 311 g/mol. The number of pyridine rings is 1. The minimum absolute atomic E-state index is 0.0433. The fourth-order valence-corrected chi connectivity index (χ4v) is 2.41. The van der Waals surface area contributed by atoms with Crippen molar-refractivity contribution in [1.82, 2.24) is 4.98 Å². The van der Waals surface area contributed by atoms with E-state index in [0.717, 1.165) is 16.9 Å². The first-order valence-corrected chi connectivity index (χ1v) is 7.91. The van der Waals surface area contributed by atoms with Gasteiger partial charge in [-0.25, -0.2) is 0 Å². The van der Waals surface area contributed by atoms with Gasteiger partial charge in [0.25, 0.3) is 5.91 Å². The van der Waals surface area contributed by atoms with Gasteiger partial charge in [-0.2, -0.15) is 0 Å². The summed E-state index contributed by atoms with van der Waals surface area (Å²) in [7, 11) is 0. The lowest BCUT2D eigenvalue weighted by Crippen LogP contribution is -2.19. The maximum atomic E-state index is 12.5. The van der Waals surface area contributed by atoms with E-state index in [4.69, 9.17) is 0 Å². The molecule has 0 saturated heterocycles. The van der Waals surface area contributed by atoms with Gasteiger partial charge in [-0.1, -0.05) is 39.0 Å². The van der Waals surface area contributed by atoms with Crippen LogP contribution < -0.4 is 10.6 Å². The summed E-state index contributed by atoms with van der Waals surface area (Å²) in [5.41, 5.74) is 3.18. The van der Waals surface area contributed by atoms with E-state index in [1.54, 1.807) is 12.3 Å². The molecule has 0 radical (unpaired) electrons. The molecule has 2 aromatic rings. The van der Waals surface area contributed by atoms with Crippen molar-refractivity contribution in [1.29, 1.82) is 0 Å². The highest BCUT2D eigenvalue weighted by Crippen LogP contribution is 2.29. The third-order valence-electron chi connectivity index (χ3n) is 3.43. The van der Waals surface area contributed by atoms with Crippen LogP contribution in [0.2, 0.25) is 0 Å². The van der Waals surface area contributed by atoms with E-state index in [-0.39, 0.29) is 11.3 Å². The fourth-order valence-electron chi connectivity index (χ4n) is 2.41. The number of carbonyl (C=O) groups is 1. The molecule has 0 aliphatic heterocycles. The van der Waals surface area contributed by atoms with Crippen molar-refractivity contribution in [2.24, 2.45) is 0 Å². The fraction of sp³-hybridized carbons (Fsp3) is 0.368. The Bertz CT molecular complexity index is 687. The number of para-hydroxylation sites is 1. The molecule has 4 nitrogen and oxygen atoms in total. The summed E-state index contributed by atoms with van der Waals surface area (Å²) in [6, 6.07) is 11.8. The molecule has 0 aliphatic carbocycles. The molecule has 1 aromatic carbocycles. The Morgan fingerprint density at radius 2 is 1.83 bits per heavy atom. The van der Waals surface area contributed by atoms with Gasteiger partial charge in [0.15, 0.2) is 0 Å². The highest BCUT2D eigenvalue weighted by atomic mass is 16.1. The summed E-state index contributed by atoms with van der Waals surface area (Å²) in [4.78, 5) is 16.7. The van der Waals surface area contributed by atoms with Crippen LogP contribution in [0.5, 0.6) is 0 Å². The summed E-state index contributed by atoms with van der Waals surface area (Å²) in [5.74, 6) is -0.200. The maximum absolute atomic E-state index is 12.5. The van der Waals surface area contributed by atoms with Gasteiger partial charge >= 0.3 is 0 Å². The molecule has 2 N–H and O–H groups in total. The standard InChI is InChI=1S/C19H25N3O/c1-13(2)21-14-10-11-20-17(12-14)18(23)22-16-9-7-6-8-15(16)19(3,4)5/h6-13H,1-5H3,(H,20,21)(H,22,23). The molecule has 23 heavy (non-hydrogen) atoms. The smallest absolute Gasteiger partial charge is 0.274 e. The van der Waals surface area contributed by atoms with Crippen LogP contribution in [0, 0.1) is 0 Å². The molecule has 1 aromatic heterocycles. The van der Waals surface area contributed by atoms with Crippen molar-refractivity contribution < 1.29 is 4.79 Å². The van der Waals surface area contributed by atoms with Gasteiger partial charge in [0.05, 0.1) is 0 Å². The minimum atomic E-state index is -0.200. The van der Waals surface area contributed by atoms with Crippen LogP contribution in [0.25, 0.3) is 0 Å². The number of nitrogens with one attached hydrogen (secondary N) is 2. The summed E-state index contributed by atoms with van der Waals surface area (Å²) >= 11 is 0. The lowest BCUT2D eigenvalue weighted by Gasteiger charge is -2.23. The molecule has 1 amide bonds. The van der Waals surface area contributed by atoms with Crippen LogP contribution in [-0.2, 0) is 5.41 Å². The Kier molecular flexibility index (Phi) is 5.04. The lowest BCUT2D eigenvalue weighted by atomic mass is 9.86. The zero-order chi connectivity index (χ0) is 17.0. The molecule has 122 valence electrons. The molecule has 2 rings (SSSR count). The van der Waals surface area contributed by atoms with Crippen molar-refractivity contribution in [3.05, 3.63) is 53.9 Å². The second kappa shape index (κ2) is 6.82. The zero-order valence-electron chi connectivity index (χ0n) is 14.5. The Labute approximate surface area is 138 Å². The summed E-state index contributed by atoms with van der Waals surface area (Å²) in [5, 5.41) is 6.26. The van der Waals surface area contributed by atoms with E-state index in [2.05, 4.69) is 50.2 Å². The third-order valence-corrected chi connectivity index (χ3v) is 3.43. The van der Waals surface area contributed by atoms with Gasteiger partial charge in [-0.3, -0.25) is 9.78 Å². The molecule has 1 heterocycles. The highest BCUT2D eigenvalue weighted by Gasteiger charge is 2.19. The summed E-state index contributed by atoms with van der Waals surface area (Å²) in [6.07, 6.45) is 1.65. The lowest BCUT2D eigenvalue weighted by molar-refractivity contribution is 0.102. The number of amides is 1. The molecule has 0 unspecified atom stereocenters. The highest BCUT2D eigenvalue weighted by molar-refractivity contribution is 6.03. The number of benzene rings is 1. The largest absolute Gasteiger partial charge is 0.383 e. The Hall–Kier alpha value is -2.36. The van der Waals surface area contributed by atoms with Crippen LogP contribution in [0.4, 0.5) is 11.4 Å². The molecule has 0 aliphatic rings. The number of anilines is 2. The average Bonchev–Trinajstić information content (AvgIpc) is 2.46. The van der Waals surface area contributed by atoms with Gasteiger partial charge in [0, 0.05) is 23.6 Å². The van der Waals surface area contributed by atoms with Crippen molar-refractivity contribution in [3.63, 3.8) is 0 Å². The number of rotatable bonds is 4. The van der Waals surface area contributed by atoms with Crippen molar-refractivity contribution in [3.8, 4) is 0 Å². The Balaban J connectivity index is 2.23. The summed E-state index contributed by atoms with van der Waals surface area (Å²) in [6.45, 7) is 10.5. The van der Waals surface area contributed by atoms with Crippen LogP contribution in [0.3, 0.4) is 0 Å². The third kappa shape index (κ3) is 4.55.